The van der Waals surface area contributed by atoms with E-state index in [0.717, 1.165) is 5.56 Å². The van der Waals surface area contributed by atoms with E-state index in [0.29, 0.717) is 6.54 Å². The summed E-state index contributed by atoms with van der Waals surface area (Å²) < 4.78 is 0. The van der Waals surface area contributed by atoms with Crippen LogP contribution >= 0.6 is 0 Å². The zero-order valence-corrected chi connectivity index (χ0v) is 16.4. The summed E-state index contributed by atoms with van der Waals surface area (Å²) in [7, 11) is 1.49. The highest BCUT2D eigenvalue weighted by atomic mass is 16.2. The Bertz CT molecular complexity index is 875. The highest BCUT2D eigenvalue weighted by molar-refractivity contribution is 5.96. The summed E-state index contributed by atoms with van der Waals surface area (Å²) in [6.07, 6.45) is 0. The highest BCUT2D eigenvalue weighted by Gasteiger charge is 2.27. The lowest BCUT2D eigenvalue weighted by Crippen LogP contribution is -2.88. The van der Waals surface area contributed by atoms with Crippen LogP contribution in [0.2, 0.25) is 0 Å². The van der Waals surface area contributed by atoms with Crippen LogP contribution in [0.15, 0.2) is 91.0 Å². The number of hydrogen-bond acceptors (Lipinski definition) is 2. The molecule has 5 heteroatoms. The first-order valence-electron chi connectivity index (χ1n) is 9.69. The summed E-state index contributed by atoms with van der Waals surface area (Å²) in [6, 6.07) is 29.0. The molecule has 3 rings (SSSR count). The van der Waals surface area contributed by atoms with Gasteiger partial charge in [0, 0.05) is 12.6 Å². The number of imide groups is 1. The molecule has 1 atom stereocenters. The first-order chi connectivity index (χ1) is 14.2. The molecule has 0 bridgehead atoms. The number of quaternary nitrogens is 1. The van der Waals surface area contributed by atoms with Gasteiger partial charge in [0.1, 0.15) is 0 Å². The van der Waals surface area contributed by atoms with Gasteiger partial charge in [0.15, 0.2) is 6.04 Å². The van der Waals surface area contributed by atoms with E-state index in [1.165, 1.54) is 18.2 Å². The zero-order valence-electron chi connectivity index (χ0n) is 16.4. The number of carbonyl (C=O) groups excluding carboxylic acids is 2. The van der Waals surface area contributed by atoms with Crippen LogP contribution in [-0.4, -0.2) is 25.5 Å². The molecule has 0 aliphatic rings. The van der Waals surface area contributed by atoms with E-state index in [1.54, 1.807) is 0 Å². The Kier molecular flexibility index (Phi) is 7.14. The number of rotatable bonds is 7. The number of benzene rings is 3. The average molecular weight is 388 g/mol. The molecule has 5 nitrogen and oxygen atoms in total. The molecule has 0 radical (unpaired) electrons. The quantitative estimate of drug-likeness (QED) is 0.582. The normalized spacial score (nSPS) is 11.7. The second kappa shape index (κ2) is 10.2. The Hall–Kier alpha value is -3.44. The van der Waals surface area contributed by atoms with E-state index in [1.807, 2.05) is 72.0 Å². The van der Waals surface area contributed by atoms with Crippen molar-refractivity contribution in [2.45, 2.75) is 12.0 Å². The molecule has 3 aromatic rings. The fourth-order valence-electron chi connectivity index (χ4n) is 3.41. The minimum Gasteiger partial charge on any atom is -0.341 e. The minimum atomic E-state index is -0.525. The largest absolute Gasteiger partial charge is 0.341 e. The van der Waals surface area contributed by atoms with Crippen LogP contribution in [0.4, 0.5) is 4.79 Å². The van der Waals surface area contributed by atoms with Gasteiger partial charge in [0.25, 0.3) is 5.91 Å². The Balaban J connectivity index is 1.85. The van der Waals surface area contributed by atoms with Crippen LogP contribution in [-0.2, 0) is 4.79 Å². The molecule has 0 saturated heterocycles. The molecule has 0 saturated carbocycles. The second-order valence-corrected chi connectivity index (χ2v) is 6.80. The molecule has 0 aromatic heterocycles. The van der Waals surface area contributed by atoms with Gasteiger partial charge in [-0.15, -0.1) is 0 Å². The lowest BCUT2D eigenvalue weighted by Gasteiger charge is -2.21. The lowest BCUT2D eigenvalue weighted by atomic mass is 9.90. The van der Waals surface area contributed by atoms with Crippen molar-refractivity contribution < 1.29 is 14.9 Å². The summed E-state index contributed by atoms with van der Waals surface area (Å²) in [5.74, 6) is -0.216. The minimum absolute atomic E-state index is 0.122. The molecule has 0 fully saturated rings. The van der Waals surface area contributed by atoms with E-state index in [9.17, 15) is 9.59 Å². The van der Waals surface area contributed by atoms with E-state index >= 15 is 0 Å². The van der Waals surface area contributed by atoms with Crippen LogP contribution in [0.1, 0.15) is 28.7 Å². The van der Waals surface area contributed by atoms with Crippen LogP contribution in [0, 0.1) is 0 Å². The summed E-state index contributed by atoms with van der Waals surface area (Å²) in [4.78, 5) is 24.5. The third-order valence-electron chi connectivity index (χ3n) is 4.92. The monoisotopic (exact) mass is 388 g/mol. The van der Waals surface area contributed by atoms with Crippen molar-refractivity contribution in [1.82, 2.24) is 10.6 Å². The number of nitrogens with two attached hydrogens (primary N) is 1. The maximum absolute atomic E-state index is 12.8. The van der Waals surface area contributed by atoms with Gasteiger partial charge in [-0.25, -0.2) is 4.79 Å². The second-order valence-electron chi connectivity index (χ2n) is 6.80. The van der Waals surface area contributed by atoms with Crippen LogP contribution < -0.4 is 16.0 Å². The molecule has 4 N–H and O–H groups in total. The number of carbonyl (C=O) groups is 2. The molecule has 3 aromatic carbocycles. The van der Waals surface area contributed by atoms with Gasteiger partial charge in [-0.2, -0.15) is 0 Å². The van der Waals surface area contributed by atoms with Crippen molar-refractivity contribution in [3.05, 3.63) is 108 Å². The maximum atomic E-state index is 12.8. The predicted molar refractivity (Wildman–Crippen MR) is 113 cm³/mol. The lowest BCUT2D eigenvalue weighted by molar-refractivity contribution is -0.684. The van der Waals surface area contributed by atoms with Crippen LogP contribution in [0.25, 0.3) is 0 Å². The van der Waals surface area contributed by atoms with Crippen LogP contribution in [0.5, 0.6) is 0 Å². The summed E-state index contributed by atoms with van der Waals surface area (Å²) in [5, 5.41) is 6.84. The molecule has 0 heterocycles. The van der Waals surface area contributed by atoms with Gasteiger partial charge < -0.3 is 10.6 Å². The first-order valence-corrected chi connectivity index (χ1v) is 9.69. The number of hydrogen-bond donors (Lipinski definition) is 3. The standard InChI is InChI=1S/C24H25N3O2/c1-25-24(29)27-23(28)22(20-15-9-4-10-16-20)26-17-21(18-11-5-2-6-12-18)19-13-7-3-8-14-19/h2-16,21-22,26H,17H2,1H3,(H2,25,27,28,29)/p+1/t22-/m0/s1. The van der Waals surface area contributed by atoms with Gasteiger partial charge in [-0.3, -0.25) is 10.1 Å². The van der Waals surface area contributed by atoms with Gasteiger partial charge in [0.05, 0.1) is 12.5 Å². The Morgan fingerprint density at radius 1 is 0.759 bits per heavy atom. The molecule has 3 amide bonds. The molecular weight excluding hydrogens is 362 g/mol. The SMILES string of the molecule is CNC(=O)NC(=O)[C@@H]([NH2+]CC(c1ccccc1)c1ccccc1)c1ccccc1. The van der Waals surface area contributed by atoms with Crippen molar-refractivity contribution >= 4 is 11.9 Å². The third kappa shape index (κ3) is 5.53. The van der Waals surface area contributed by atoms with Crippen LogP contribution in [0.3, 0.4) is 0 Å². The third-order valence-corrected chi connectivity index (χ3v) is 4.92. The molecule has 0 unspecified atom stereocenters. The average Bonchev–Trinajstić information content (AvgIpc) is 2.78. The Morgan fingerprint density at radius 2 is 1.21 bits per heavy atom. The topological polar surface area (TPSA) is 74.8 Å². The maximum Gasteiger partial charge on any atom is 0.321 e. The number of urea groups is 1. The molecule has 0 aliphatic carbocycles. The predicted octanol–water partition coefficient (Wildman–Crippen LogP) is 2.58. The fraction of sp³-hybridized carbons (Fsp3) is 0.167. The van der Waals surface area contributed by atoms with Gasteiger partial charge >= 0.3 is 6.03 Å². The summed E-state index contributed by atoms with van der Waals surface area (Å²) >= 11 is 0. The summed E-state index contributed by atoms with van der Waals surface area (Å²) in [5.41, 5.74) is 3.23. The van der Waals surface area contributed by atoms with E-state index < -0.39 is 12.1 Å². The summed E-state index contributed by atoms with van der Waals surface area (Å²) in [6.45, 7) is 0.661. The number of amides is 3. The van der Waals surface area contributed by atoms with E-state index in [-0.39, 0.29) is 11.8 Å². The molecular formula is C24H26N3O2+. The Morgan fingerprint density at radius 3 is 1.66 bits per heavy atom. The molecule has 148 valence electrons. The highest BCUT2D eigenvalue weighted by Crippen LogP contribution is 2.23. The smallest absolute Gasteiger partial charge is 0.321 e. The van der Waals surface area contributed by atoms with E-state index in [4.69, 9.17) is 0 Å². The number of nitrogens with one attached hydrogen (secondary N) is 2. The van der Waals surface area contributed by atoms with Crippen molar-refractivity contribution in [3.8, 4) is 0 Å². The molecule has 0 spiro atoms. The van der Waals surface area contributed by atoms with Gasteiger partial charge in [0.2, 0.25) is 0 Å². The van der Waals surface area contributed by atoms with Crippen molar-refractivity contribution in [2.75, 3.05) is 13.6 Å². The Labute approximate surface area is 171 Å². The van der Waals surface area contributed by atoms with Crippen molar-refractivity contribution in [2.24, 2.45) is 0 Å². The molecule has 0 aliphatic heterocycles. The first kappa shape index (κ1) is 20.3. The molecule has 29 heavy (non-hydrogen) atoms. The van der Waals surface area contributed by atoms with Gasteiger partial charge in [-0.1, -0.05) is 91.0 Å². The fourth-order valence-corrected chi connectivity index (χ4v) is 3.41. The van der Waals surface area contributed by atoms with E-state index in [2.05, 4.69) is 34.9 Å². The van der Waals surface area contributed by atoms with Crippen molar-refractivity contribution in [1.29, 1.82) is 0 Å². The van der Waals surface area contributed by atoms with Gasteiger partial charge in [-0.05, 0) is 11.1 Å². The van der Waals surface area contributed by atoms with Crippen molar-refractivity contribution in [3.63, 3.8) is 0 Å². The zero-order chi connectivity index (χ0) is 20.5.